The Balaban J connectivity index is 1.76. The molecule has 17 heavy (non-hydrogen) atoms. The molecule has 0 spiro atoms. The molecule has 0 radical (unpaired) electrons. The van der Waals surface area contributed by atoms with Crippen LogP contribution in [0.5, 0.6) is 11.5 Å². The molecule has 0 bridgehead atoms. The number of rotatable bonds is 6. The van der Waals surface area contributed by atoms with Crippen LogP contribution in [0.15, 0.2) is 18.2 Å². The van der Waals surface area contributed by atoms with Crippen LogP contribution in [0.25, 0.3) is 0 Å². The van der Waals surface area contributed by atoms with Gasteiger partial charge in [-0.25, -0.2) is 0 Å². The maximum Gasteiger partial charge on any atom is 0.231 e. The normalized spacial score (nSPS) is 14.9. The molecule has 2 rings (SSSR count). The van der Waals surface area contributed by atoms with Gasteiger partial charge in [0.2, 0.25) is 6.79 Å². The number of hydrogen-bond acceptors (Lipinski definition) is 5. The molecule has 0 saturated heterocycles. The van der Waals surface area contributed by atoms with Crippen molar-refractivity contribution in [2.45, 2.75) is 12.5 Å². The number of nitrogens with two attached hydrogens (primary N) is 1. The summed E-state index contributed by atoms with van der Waals surface area (Å²) < 4.78 is 10.5. The van der Waals surface area contributed by atoms with Crippen molar-refractivity contribution in [3.63, 3.8) is 0 Å². The molecule has 5 nitrogen and oxygen atoms in total. The average molecular weight is 238 g/mol. The summed E-state index contributed by atoms with van der Waals surface area (Å²) in [6.07, 6.45) is 0.417. The molecule has 94 valence electrons. The maximum atomic E-state index is 9.26. The summed E-state index contributed by atoms with van der Waals surface area (Å²) in [6.45, 7) is 1.93. The van der Waals surface area contributed by atoms with Gasteiger partial charge in [-0.3, -0.25) is 0 Å². The lowest BCUT2D eigenvalue weighted by Crippen LogP contribution is -2.33. The number of aliphatic hydroxyl groups is 1. The molecule has 0 fully saturated rings. The van der Waals surface area contributed by atoms with Gasteiger partial charge in [0.15, 0.2) is 11.5 Å². The maximum absolute atomic E-state index is 9.26. The molecule has 0 aromatic heterocycles. The van der Waals surface area contributed by atoms with Gasteiger partial charge in [-0.15, -0.1) is 0 Å². The first-order chi connectivity index (χ1) is 8.29. The molecule has 1 aliphatic heterocycles. The van der Waals surface area contributed by atoms with Crippen molar-refractivity contribution in [3.05, 3.63) is 23.8 Å². The van der Waals surface area contributed by atoms with E-state index in [1.807, 2.05) is 18.2 Å². The fourth-order valence-corrected chi connectivity index (χ4v) is 1.68. The van der Waals surface area contributed by atoms with Gasteiger partial charge in [0.1, 0.15) is 0 Å². The molecule has 0 saturated carbocycles. The molecule has 1 heterocycles. The topological polar surface area (TPSA) is 76.7 Å². The Kier molecular flexibility index (Phi) is 4.19. The summed E-state index contributed by atoms with van der Waals surface area (Å²) in [7, 11) is 0. The Hall–Kier alpha value is -1.30. The number of nitrogens with one attached hydrogen (secondary N) is 1. The first kappa shape index (κ1) is 12.2. The van der Waals surface area contributed by atoms with Crippen molar-refractivity contribution in [1.29, 1.82) is 0 Å². The Labute approximate surface area is 101 Å². The van der Waals surface area contributed by atoms with Gasteiger partial charge < -0.3 is 25.6 Å². The smallest absolute Gasteiger partial charge is 0.231 e. The molecule has 1 aliphatic rings. The van der Waals surface area contributed by atoms with E-state index in [0.717, 1.165) is 24.5 Å². The number of benzene rings is 1. The molecule has 5 heteroatoms. The summed E-state index contributed by atoms with van der Waals surface area (Å²) in [5.41, 5.74) is 6.49. The molecule has 0 aliphatic carbocycles. The molecule has 4 N–H and O–H groups in total. The predicted octanol–water partition coefficient (Wildman–Crippen LogP) is -0.133. The van der Waals surface area contributed by atoms with E-state index in [1.165, 1.54) is 5.56 Å². The van der Waals surface area contributed by atoms with Crippen molar-refractivity contribution < 1.29 is 14.6 Å². The lowest BCUT2D eigenvalue weighted by atomic mass is 10.1. The summed E-state index contributed by atoms with van der Waals surface area (Å²) in [5, 5.41) is 12.4. The number of fused-ring (bicyclic) bond motifs is 1. The van der Waals surface area contributed by atoms with Gasteiger partial charge in [0.25, 0.3) is 0 Å². The second-order valence-corrected chi connectivity index (χ2v) is 4.03. The van der Waals surface area contributed by atoms with Gasteiger partial charge in [-0.2, -0.15) is 0 Å². The van der Waals surface area contributed by atoms with Gasteiger partial charge in [-0.05, 0) is 30.7 Å². The van der Waals surface area contributed by atoms with Gasteiger partial charge in [0, 0.05) is 13.1 Å². The quantitative estimate of drug-likeness (QED) is 0.602. The van der Waals surface area contributed by atoms with Gasteiger partial charge in [0.05, 0.1) is 6.10 Å². The van der Waals surface area contributed by atoms with Crippen LogP contribution in [0.4, 0.5) is 0 Å². The SMILES string of the molecule is NCC(O)CNCCc1ccc2c(c1)OCO2. The fraction of sp³-hybridized carbons (Fsp3) is 0.500. The van der Waals surface area contributed by atoms with E-state index in [1.54, 1.807) is 0 Å². The molecule has 1 unspecified atom stereocenters. The molecular weight excluding hydrogens is 220 g/mol. The van der Waals surface area contributed by atoms with Crippen molar-refractivity contribution in [1.82, 2.24) is 5.32 Å². The predicted molar refractivity (Wildman–Crippen MR) is 64.2 cm³/mol. The Morgan fingerprint density at radius 1 is 1.35 bits per heavy atom. The van der Waals surface area contributed by atoms with E-state index < -0.39 is 6.10 Å². The van der Waals surface area contributed by atoms with Crippen LogP contribution in [0.2, 0.25) is 0 Å². The van der Waals surface area contributed by atoms with E-state index in [9.17, 15) is 5.11 Å². The summed E-state index contributed by atoms with van der Waals surface area (Å²) in [4.78, 5) is 0. The zero-order chi connectivity index (χ0) is 12.1. The number of hydrogen-bond donors (Lipinski definition) is 3. The first-order valence-electron chi connectivity index (χ1n) is 5.77. The zero-order valence-electron chi connectivity index (χ0n) is 9.69. The van der Waals surface area contributed by atoms with Crippen LogP contribution in [-0.2, 0) is 6.42 Å². The molecule has 0 amide bonds. The van der Waals surface area contributed by atoms with Crippen molar-refractivity contribution in [2.24, 2.45) is 5.73 Å². The average Bonchev–Trinajstić information content (AvgIpc) is 2.81. The molecule has 1 aromatic carbocycles. The third kappa shape index (κ3) is 3.33. The summed E-state index contributed by atoms with van der Waals surface area (Å²) in [6, 6.07) is 5.93. The van der Waals surface area contributed by atoms with E-state index >= 15 is 0 Å². The fourth-order valence-electron chi connectivity index (χ4n) is 1.68. The van der Waals surface area contributed by atoms with Crippen molar-refractivity contribution >= 4 is 0 Å². The largest absolute Gasteiger partial charge is 0.454 e. The van der Waals surface area contributed by atoms with Crippen molar-refractivity contribution in [2.75, 3.05) is 26.4 Å². The van der Waals surface area contributed by atoms with Crippen LogP contribution in [0.3, 0.4) is 0 Å². The zero-order valence-corrected chi connectivity index (χ0v) is 9.69. The summed E-state index contributed by atoms with van der Waals surface area (Å²) >= 11 is 0. The number of aliphatic hydroxyl groups excluding tert-OH is 1. The molecule has 1 aromatic rings. The lowest BCUT2D eigenvalue weighted by molar-refractivity contribution is 0.174. The van der Waals surface area contributed by atoms with E-state index in [4.69, 9.17) is 15.2 Å². The van der Waals surface area contributed by atoms with E-state index in [2.05, 4.69) is 5.32 Å². The van der Waals surface area contributed by atoms with Gasteiger partial charge >= 0.3 is 0 Å². The minimum Gasteiger partial charge on any atom is -0.454 e. The van der Waals surface area contributed by atoms with Crippen LogP contribution in [-0.4, -0.2) is 37.6 Å². The van der Waals surface area contributed by atoms with Gasteiger partial charge in [-0.1, -0.05) is 6.07 Å². The van der Waals surface area contributed by atoms with Crippen molar-refractivity contribution in [3.8, 4) is 11.5 Å². The molecule has 1 atom stereocenters. The van der Waals surface area contributed by atoms with E-state index in [-0.39, 0.29) is 6.54 Å². The van der Waals surface area contributed by atoms with Crippen LogP contribution in [0.1, 0.15) is 5.56 Å². The van der Waals surface area contributed by atoms with Crippen LogP contribution in [0, 0.1) is 0 Å². The highest BCUT2D eigenvalue weighted by molar-refractivity contribution is 5.44. The Morgan fingerprint density at radius 2 is 2.18 bits per heavy atom. The third-order valence-electron chi connectivity index (χ3n) is 2.68. The Morgan fingerprint density at radius 3 is 3.00 bits per heavy atom. The second kappa shape index (κ2) is 5.86. The lowest BCUT2D eigenvalue weighted by Gasteiger charge is -2.09. The van der Waals surface area contributed by atoms with E-state index in [0.29, 0.717) is 13.3 Å². The highest BCUT2D eigenvalue weighted by Gasteiger charge is 2.12. The second-order valence-electron chi connectivity index (χ2n) is 4.03. The minimum atomic E-state index is -0.466. The standard InChI is InChI=1S/C12H18N2O3/c13-6-10(15)7-14-4-3-9-1-2-11-12(5-9)17-8-16-11/h1-2,5,10,14-15H,3-4,6-8,13H2. The minimum absolute atomic E-state index is 0.289. The molecular formula is C12H18N2O3. The van der Waals surface area contributed by atoms with Crippen LogP contribution >= 0.6 is 0 Å². The highest BCUT2D eigenvalue weighted by atomic mass is 16.7. The third-order valence-corrected chi connectivity index (χ3v) is 2.68. The highest BCUT2D eigenvalue weighted by Crippen LogP contribution is 2.32. The number of ether oxygens (including phenoxy) is 2. The van der Waals surface area contributed by atoms with Crippen LogP contribution < -0.4 is 20.5 Å². The Bertz CT molecular complexity index is 371. The summed E-state index contributed by atoms with van der Waals surface area (Å²) in [5.74, 6) is 1.62. The monoisotopic (exact) mass is 238 g/mol. The first-order valence-corrected chi connectivity index (χ1v) is 5.77.